The zero-order valence-corrected chi connectivity index (χ0v) is 12.8. The van der Waals surface area contributed by atoms with Gasteiger partial charge in [-0.1, -0.05) is 0 Å². The second-order valence-electron chi connectivity index (χ2n) is 5.21. The molecule has 0 spiro atoms. The maximum absolute atomic E-state index is 10.4. The van der Waals surface area contributed by atoms with Crippen molar-refractivity contribution in [2.45, 2.75) is 12.3 Å². The van der Waals surface area contributed by atoms with E-state index in [0.29, 0.717) is 24.6 Å². The van der Waals surface area contributed by atoms with Gasteiger partial charge in [-0.05, 0) is 0 Å². The zero-order valence-electron chi connectivity index (χ0n) is 12.0. The van der Waals surface area contributed by atoms with Gasteiger partial charge in [-0.25, -0.2) is 20.0 Å². The topological polar surface area (TPSA) is 103 Å². The maximum Gasteiger partial charge on any atom is 0.190 e. The molecule has 0 aromatic carbocycles. The molecule has 0 bridgehead atoms. The number of anilines is 2. The molecule has 4 heterocycles. The van der Waals surface area contributed by atoms with Gasteiger partial charge in [-0.2, -0.15) is 0 Å². The highest BCUT2D eigenvalue weighted by atomic mass is 35.5. The molecule has 3 N–H and O–H groups in total. The van der Waals surface area contributed by atoms with E-state index in [2.05, 4.69) is 20.4 Å². The van der Waals surface area contributed by atoms with Crippen LogP contribution in [0.3, 0.4) is 0 Å². The number of hydrazine groups is 1. The number of hydrogen-bond donors (Lipinski definition) is 3. The van der Waals surface area contributed by atoms with E-state index in [-0.39, 0.29) is 18.5 Å². The van der Waals surface area contributed by atoms with Gasteiger partial charge in [0.15, 0.2) is 12.0 Å². The summed E-state index contributed by atoms with van der Waals surface area (Å²) in [6, 6.07) is 1.77. The van der Waals surface area contributed by atoms with Crippen LogP contribution in [0.4, 0.5) is 11.6 Å². The molecule has 9 nitrogen and oxygen atoms in total. The smallest absolute Gasteiger partial charge is 0.190 e. The van der Waals surface area contributed by atoms with Gasteiger partial charge in [0.2, 0.25) is 0 Å². The fourth-order valence-corrected chi connectivity index (χ4v) is 2.51. The number of nitrogens with zero attached hydrogens (tertiary/aromatic N) is 6. The van der Waals surface area contributed by atoms with Crippen LogP contribution in [0, 0.1) is 0 Å². The van der Waals surface area contributed by atoms with Crippen LogP contribution >= 0.6 is 12.4 Å². The molecule has 2 aliphatic heterocycles. The highest BCUT2D eigenvalue weighted by molar-refractivity contribution is 5.85. The number of rotatable bonds is 3. The molecular weight excluding hydrogens is 322 g/mol. The molecule has 10 heteroatoms. The van der Waals surface area contributed by atoms with E-state index >= 15 is 0 Å². The van der Waals surface area contributed by atoms with E-state index in [1.807, 2.05) is 4.90 Å². The molecule has 1 fully saturated rings. The van der Waals surface area contributed by atoms with E-state index in [1.54, 1.807) is 35.6 Å². The summed E-state index contributed by atoms with van der Waals surface area (Å²) in [5, 5.41) is 21.4. The number of aromatic nitrogens is 4. The number of halogens is 1. The Kier molecular flexibility index (Phi) is 4.07. The molecule has 0 saturated carbocycles. The number of nitrogens with one attached hydrogen (secondary N) is 1. The van der Waals surface area contributed by atoms with E-state index in [9.17, 15) is 10.2 Å². The van der Waals surface area contributed by atoms with Crippen molar-refractivity contribution in [1.29, 1.82) is 0 Å². The largest absolute Gasteiger partial charge is 0.389 e. The fraction of sp³-hybridized carbons (Fsp3) is 0.308. The van der Waals surface area contributed by atoms with Crippen molar-refractivity contribution < 1.29 is 10.2 Å². The van der Waals surface area contributed by atoms with Crippen molar-refractivity contribution >= 4 is 29.7 Å². The zero-order chi connectivity index (χ0) is 15.1. The van der Waals surface area contributed by atoms with E-state index in [0.717, 1.165) is 5.82 Å². The van der Waals surface area contributed by atoms with Crippen LogP contribution in [0.5, 0.6) is 0 Å². The van der Waals surface area contributed by atoms with Crippen molar-refractivity contribution in [2.24, 2.45) is 0 Å². The van der Waals surface area contributed by atoms with Crippen LogP contribution in [0.15, 0.2) is 37.3 Å². The van der Waals surface area contributed by atoms with Gasteiger partial charge in [0.05, 0.1) is 18.1 Å². The predicted molar refractivity (Wildman–Crippen MR) is 85.6 cm³/mol. The molecule has 4 rings (SSSR count). The Labute approximate surface area is 138 Å². The van der Waals surface area contributed by atoms with Gasteiger partial charge in [0.25, 0.3) is 0 Å². The first kappa shape index (κ1) is 15.5. The predicted octanol–water partition coefficient (Wildman–Crippen LogP) is -0.583. The van der Waals surface area contributed by atoms with Crippen molar-refractivity contribution in [2.75, 3.05) is 23.0 Å². The molecule has 0 radical (unpaired) electrons. The van der Waals surface area contributed by atoms with Crippen molar-refractivity contribution in [3.05, 3.63) is 37.3 Å². The van der Waals surface area contributed by atoms with Gasteiger partial charge in [0.1, 0.15) is 12.1 Å². The maximum atomic E-state index is 10.4. The highest BCUT2D eigenvalue weighted by Gasteiger charge is 2.30. The Balaban J connectivity index is 0.00000156. The lowest BCUT2D eigenvalue weighted by atomic mass is 10.2. The standard InChI is InChI=1S/C13H15N7O2.ClH/c21-9-5-19(6-9)11-3-12(16-7-15-11)20-13(22)10(4-17-20)18-2-1-14-8-18;/h1-4,7-9,13,17,21-22H,5-6H2;1H. The third-order valence-corrected chi connectivity index (χ3v) is 3.73. The summed E-state index contributed by atoms with van der Waals surface area (Å²) in [6.07, 6.45) is 6.97. The lowest BCUT2D eigenvalue weighted by Gasteiger charge is -2.37. The minimum atomic E-state index is -0.890. The van der Waals surface area contributed by atoms with Crippen LogP contribution in [0.1, 0.15) is 0 Å². The highest BCUT2D eigenvalue weighted by Crippen LogP contribution is 2.26. The normalized spacial score (nSPS) is 20.6. The van der Waals surface area contributed by atoms with Crippen molar-refractivity contribution in [1.82, 2.24) is 24.9 Å². The molecule has 2 aromatic rings. The second-order valence-corrected chi connectivity index (χ2v) is 5.21. The molecule has 0 aliphatic carbocycles. The molecule has 122 valence electrons. The Morgan fingerprint density at radius 3 is 2.65 bits per heavy atom. The van der Waals surface area contributed by atoms with Crippen LogP contribution in [0.2, 0.25) is 0 Å². The van der Waals surface area contributed by atoms with Gasteiger partial charge in [-0.3, -0.25) is 5.43 Å². The fourth-order valence-electron chi connectivity index (χ4n) is 2.51. The lowest BCUT2D eigenvalue weighted by molar-refractivity contribution is 0.141. The summed E-state index contributed by atoms with van der Waals surface area (Å²) in [5.74, 6) is 1.27. The number of aliphatic hydroxyl groups excluding tert-OH is 2. The third-order valence-electron chi connectivity index (χ3n) is 3.73. The lowest BCUT2D eigenvalue weighted by Crippen LogP contribution is -2.51. The van der Waals surface area contributed by atoms with E-state index < -0.39 is 6.23 Å². The molecule has 1 saturated heterocycles. The van der Waals surface area contributed by atoms with E-state index in [1.165, 1.54) is 11.3 Å². The van der Waals surface area contributed by atoms with Crippen molar-refractivity contribution in [3.8, 4) is 0 Å². The van der Waals surface area contributed by atoms with Crippen LogP contribution in [-0.2, 0) is 0 Å². The summed E-state index contributed by atoms with van der Waals surface area (Å²) in [7, 11) is 0. The average Bonchev–Trinajstić information content (AvgIpc) is 3.13. The van der Waals surface area contributed by atoms with Gasteiger partial charge in [-0.15, -0.1) is 12.4 Å². The minimum Gasteiger partial charge on any atom is -0.389 e. The first-order valence-corrected chi connectivity index (χ1v) is 6.89. The summed E-state index contributed by atoms with van der Waals surface area (Å²) in [4.78, 5) is 14.3. The van der Waals surface area contributed by atoms with Crippen LogP contribution in [0.25, 0.3) is 5.70 Å². The quantitative estimate of drug-likeness (QED) is 0.683. The molecule has 2 aromatic heterocycles. The van der Waals surface area contributed by atoms with Gasteiger partial charge in [0, 0.05) is 37.7 Å². The first-order chi connectivity index (χ1) is 10.7. The van der Waals surface area contributed by atoms with Gasteiger partial charge < -0.3 is 19.7 Å². The number of hydrogen-bond acceptors (Lipinski definition) is 8. The Morgan fingerprint density at radius 1 is 1.17 bits per heavy atom. The third kappa shape index (κ3) is 2.69. The first-order valence-electron chi connectivity index (χ1n) is 6.89. The number of imidazole rings is 1. The Bertz CT molecular complexity index is 702. The average molecular weight is 338 g/mol. The van der Waals surface area contributed by atoms with Crippen molar-refractivity contribution in [3.63, 3.8) is 0 Å². The SMILES string of the molecule is Cl.OC1CN(c2cc(N3NC=C(n4ccnc4)C3O)ncn2)C1. The van der Waals surface area contributed by atoms with Crippen LogP contribution in [-0.4, -0.2) is 55.2 Å². The van der Waals surface area contributed by atoms with E-state index in [4.69, 9.17) is 0 Å². The minimum absolute atomic E-state index is 0. The molecular formula is C13H16ClN7O2. The molecule has 23 heavy (non-hydrogen) atoms. The Hall–Kier alpha value is -2.36. The monoisotopic (exact) mass is 337 g/mol. The van der Waals surface area contributed by atoms with Crippen LogP contribution < -0.4 is 15.3 Å². The molecule has 1 atom stereocenters. The summed E-state index contributed by atoms with van der Waals surface area (Å²) in [5.41, 5.74) is 3.64. The molecule has 1 unspecified atom stereocenters. The summed E-state index contributed by atoms with van der Waals surface area (Å²) < 4.78 is 1.73. The molecule has 0 amide bonds. The summed E-state index contributed by atoms with van der Waals surface area (Å²) >= 11 is 0. The number of aliphatic hydroxyl groups is 2. The molecule has 2 aliphatic rings. The second kappa shape index (κ2) is 6.03. The van der Waals surface area contributed by atoms with Gasteiger partial charge >= 0.3 is 0 Å². The summed E-state index contributed by atoms with van der Waals surface area (Å²) in [6.45, 7) is 1.12. The number of β-amino-alcohol motifs (C(OH)–C–C–N with tert-alkyl or cyclic N) is 1. The Morgan fingerprint density at radius 2 is 1.96 bits per heavy atom.